The number of rotatable bonds is 4. The monoisotopic (exact) mass is 273 g/mol. The highest BCUT2D eigenvalue weighted by molar-refractivity contribution is 7.98. The lowest BCUT2D eigenvalue weighted by atomic mass is 10.2. The normalized spacial score (nSPS) is 14.3. The van der Waals surface area contributed by atoms with E-state index in [0.29, 0.717) is 16.6 Å². The zero-order valence-corrected chi connectivity index (χ0v) is 10.9. The smallest absolute Gasteiger partial charge is 0.267 e. The predicted octanol–water partition coefficient (Wildman–Crippen LogP) is 1.47. The summed E-state index contributed by atoms with van der Waals surface area (Å²) in [4.78, 5) is 15.6. The number of nitriles is 1. The van der Waals surface area contributed by atoms with E-state index in [1.165, 1.54) is 11.8 Å². The van der Waals surface area contributed by atoms with Gasteiger partial charge in [-0.1, -0.05) is 17.8 Å². The maximum absolute atomic E-state index is 11.6. The van der Waals surface area contributed by atoms with Crippen molar-refractivity contribution >= 4 is 11.8 Å². The van der Waals surface area contributed by atoms with E-state index in [1.807, 2.05) is 6.07 Å². The molecule has 0 radical (unpaired) electrons. The Kier molecular flexibility index (Phi) is 3.09. The summed E-state index contributed by atoms with van der Waals surface area (Å²) in [5, 5.41) is 16.2. The maximum Gasteiger partial charge on any atom is 0.344 e. The predicted molar refractivity (Wildman–Crippen MR) is 69.6 cm³/mol. The van der Waals surface area contributed by atoms with Gasteiger partial charge in [-0.2, -0.15) is 5.26 Å². The summed E-state index contributed by atoms with van der Waals surface area (Å²) in [6.45, 7) is 0. The average molecular weight is 273 g/mol. The van der Waals surface area contributed by atoms with Crippen molar-refractivity contribution < 1.29 is 0 Å². The van der Waals surface area contributed by atoms with Gasteiger partial charge in [0.25, 0.3) is 0 Å². The van der Waals surface area contributed by atoms with Crippen LogP contribution >= 0.6 is 11.8 Å². The molecule has 1 saturated carbocycles. The van der Waals surface area contributed by atoms with Crippen LogP contribution in [-0.2, 0) is 5.75 Å². The lowest BCUT2D eigenvalue weighted by molar-refractivity contribution is 0.642. The van der Waals surface area contributed by atoms with E-state index >= 15 is 0 Å². The zero-order chi connectivity index (χ0) is 13.2. The third-order valence-corrected chi connectivity index (χ3v) is 3.94. The molecule has 1 fully saturated rings. The fourth-order valence-electron chi connectivity index (χ4n) is 1.84. The molecule has 2 heterocycles. The molecule has 19 heavy (non-hydrogen) atoms. The first kappa shape index (κ1) is 12.0. The molecular formula is C12H11N5OS. The SMILES string of the molecule is N#Cc1ncccc1CSc1n[nH]c(=O)n1C1CC1. The van der Waals surface area contributed by atoms with Crippen molar-refractivity contribution in [1.82, 2.24) is 19.7 Å². The molecule has 96 valence electrons. The molecule has 0 amide bonds. The molecule has 2 aromatic heterocycles. The molecule has 0 bridgehead atoms. The van der Waals surface area contributed by atoms with Crippen LogP contribution in [0.3, 0.4) is 0 Å². The van der Waals surface area contributed by atoms with E-state index in [2.05, 4.69) is 21.3 Å². The molecule has 0 saturated heterocycles. The Labute approximate surface area is 113 Å². The van der Waals surface area contributed by atoms with Crippen LogP contribution in [0.2, 0.25) is 0 Å². The molecule has 0 aromatic carbocycles. The van der Waals surface area contributed by atoms with Crippen LogP contribution in [0, 0.1) is 11.3 Å². The molecule has 1 aliphatic rings. The Morgan fingerprint density at radius 3 is 3.16 bits per heavy atom. The third-order valence-electron chi connectivity index (χ3n) is 2.94. The molecule has 0 atom stereocenters. The van der Waals surface area contributed by atoms with E-state index in [-0.39, 0.29) is 11.7 Å². The lowest BCUT2D eigenvalue weighted by Crippen LogP contribution is -2.16. The number of hydrogen-bond donors (Lipinski definition) is 1. The highest BCUT2D eigenvalue weighted by Crippen LogP contribution is 2.36. The molecule has 6 nitrogen and oxygen atoms in total. The van der Waals surface area contributed by atoms with Crippen LogP contribution in [0.15, 0.2) is 28.3 Å². The van der Waals surface area contributed by atoms with Gasteiger partial charge in [0.1, 0.15) is 11.8 Å². The lowest BCUT2D eigenvalue weighted by Gasteiger charge is -2.04. The Balaban J connectivity index is 1.80. The van der Waals surface area contributed by atoms with Crippen molar-refractivity contribution in [2.24, 2.45) is 0 Å². The third kappa shape index (κ3) is 2.39. The molecule has 0 aliphatic heterocycles. The van der Waals surface area contributed by atoms with E-state index in [1.54, 1.807) is 16.8 Å². The largest absolute Gasteiger partial charge is 0.344 e. The number of aromatic amines is 1. The molecule has 2 aromatic rings. The van der Waals surface area contributed by atoms with Crippen LogP contribution in [0.1, 0.15) is 30.1 Å². The van der Waals surface area contributed by atoms with Gasteiger partial charge < -0.3 is 0 Å². The van der Waals surface area contributed by atoms with E-state index in [0.717, 1.165) is 18.4 Å². The molecule has 7 heteroatoms. The highest BCUT2D eigenvalue weighted by atomic mass is 32.2. The quantitative estimate of drug-likeness (QED) is 0.852. The second-order valence-corrected chi connectivity index (χ2v) is 5.27. The molecule has 0 unspecified atom stereocenters. The number of aromatic nitrogens is 4. The van der Waals surface area contributed by atoms with Crippen molar-refractivity contribution in [3.05, 3.63) is 40.1 Å². The Morgan fingerprint density at radius 2 is 2.42 bits per heavy atom. The summed E-state index contributed by atoms with van der Waals surface area (Å²) >= 11 is 1.45. The van der Waals surface area contributed by atoms with Crippen LogP contribution in [0.5, 0.6) is 0 Å². The van der Waals surface area contributed by atoms with Gasteiger partial charge in [0.2, 0.25) is 0 Å². The first-order valence-corrected chi connectivity index (χ1v) is 6.92. The van der Waals surface area contributed by atoms with Crippen LogP contribution < -0.4 is 5.69 Å². The second kappa shape index (κ2) is 4.90. The van der Waals surface area contributed by atoms with E-state index in [9.17, 15) is 4.79 Å². The fourth-order valence-corrected chi connectivity index (χ4v) is 2.84. The molecule has 0 spiro atoms. The standard InChI is InChI=1S/C12H11N5OS/c13-6-10-8(2-1-5-14-10)7-19-12-16-15-11(18)17(12)9-3-4-9/h1-2,5,9H,3-4,7H2,(H,15,18). The maximum atomic E-state index is 11.6. The Hall–Kier alpha value is -2.07. The van der Waals surface area contributed by atoms with Crippen molar-refractivity contribution in [2.45, 2.75) is 29.8 Å². The van der Waals surface area contributed by atoms with Crippen molar-refractivity contribution in [3.8, 4) is 6.07 Å². The average Bonchev–Trinajstić information content (AvgIpc) is 3.20. The second-order valence-electron chi connectivity index (χ2n) is 4.32. The Bertz CT molecular complexity index is 695. The van der Waals surface area contributed by atoms with E-state index < -0.39 is 0 Å². The summed E-state index contributed by atoms with van der Waals surface area (Å²) in [6, 6.07) is 6.02. The zero-order valence-electron chi connectivity index (χ0n) is 10.0. The van der Waals surface area contributed by atoms with Gasteiger partial charge in [-0.05, 0) is 24.5 Å². The topological polar surface area (TPSA) is 87.4 Å². The number of hydrogen-bond acceptors (Lipinski definition) is 5. The van der Waals surface area contributed by atoms with Crippen molar-refractivity contribution in [3.63, 3.8) is 0 Å². The highest BCUT2D eigenvalue weighted by Gasteiger charge is 2.28. The van der Waals surface area contributed by atoms with Gasteiger partial charge in [0.15, 0.2) is 5.16 Å². The molecule has 3 rings (SSSR count). The number of pyridine rings is 1. The van der Waals surface area contributed by atoms with Crippen molar-refractivity contribution in [2.75, 3.05) is 0 Å². The minimum absolute atomic E-state index is 0.156. The van der Waals surface area contributed by atoms with Gasteiger partial charge in [-0.3, -0.25) is 4.57 Å². The minimum Gasteiger partial charge on any atom is -0.267 e. The van der Waals surface area contributed by atoms with Gasteiger partial charge in [-0.25, -0.2) is 14.9 Å². The number of nitrogens with zero attached hydrogens (tertiary/aromatic N) is 4. The van der Waals surface area contributed by atoms with E-state index in [4.69, 9.17) is 5.26 Å². The minimum atomic E-state index is -0.156. The van der Waals surface area contributed by atoms with Gasteiger partial charge >= 0.3 is 5.69 Å². The van der Waals surface area contributed by atoms with Crippen LogP contribution in [-0.4, -0.2) is 19.7 Å². The first-order valence-electron chi connectivity index (χ1n) is 5.93. The molecular weight excluding hydrogens is 262 g/mol. The first-order chi connectivity index (χ1) is 9.29. The van der Waals surface area contributed by atoms with Crippen LogP contribution in [0.4, 0.5) is 0 Å². The summed E-state index contributed by atoms with van der Waals surface area (Å²) in [5.41, 5.74) is 1.12. The number of H-pyrrole nitrogens is 1. The number of thioether (sulfide) groups is 1. The Morgan fingerprint density at radius 1 is 1.58 bits per heavy atom. The fraction of sp³-hybridized carbons (Fsp3) is 0.333. The van der Waals surface area contributed by atoms with Gasteiger partial charge in [0.05, 0.1) is 0 Å². The summed E-state index contributed by atoms with van der Waals surface area (Å²) in [5.74, 6) is 0.577. The molecule has 1 aliphatic carbocycles. The number of nitrogens with one attached hydrogen (secondary N) is 1. The van der Waals surface area contributed by atoms with Gasteiger partial charge in [-0.15, -0.1) is 5.10 Å². The van der Waals surface area contributed by atoms with Crippen LogP contribution in [0.25, 0.3) is 0 Å². The summed E-state index contributed by atoms with van der Waals surface area (Å²) in [6.07, 6.45) is 3.66. The summed E-state index contributed by atoms with van der Waals surface area (Å²) < 4.78 is 1.70. The molecule has 1 N–H and O–H groups in total. The van der Waals surface area contributed by atoms with Gasteiger partial charge in [0, 0.05) is 18.0 Å². The summed E-state index contributed by atoms with van der Waals surface area (Å²) in [7, 11) is 0. The van der Waals surface area contributed by atoms with Crippen molar-refractivity contribution in [1.29, 1.82) is 5.26 Å².